The van der Waals surface area contributed by atoms with Gasteiger partial charge < -0.3 is 19.9 Å². The Hall–Kier alpha value is -3.49. The second-order valence-corrected chi connectivity index (χ2v) is 8.49. The number of anilines is 1. The van der Waals surface area contributed by atoms with E-state index in [2.05, 4.69) is 5.32 Å². The van der Waals surface area contributed by atoms with Crippen LogP contribution in [-0.2, 0) is 14.3 Å². The molecule has 1 heterocycles. The fraction of sp³-hybridized carbons (Fsp3) is 0.423. The minimum Gasteiger partial charge on any atom is -0.466 e. The van der Waals surface area contributed by atoms with E-state index in [-0.39, 0.29) is 36.4 Å². The van der Waals surface area contributed by atoms with Crippen LogP contribution in [0.15, 0.2) is 48.5 Å². The molecule has 0 aromatic heterocycles. The van der Waals surface area contributed by atoms with Gasteiger partial charge in [-0.05, 0) is 44.4 Å². The summed E-state index contributed by atoms with van der Waals surface area (Å²) < 4.78 is 32.5. The number of urea groups is 1. The number of piperidine rings is 1. The average molecular weight is 488 g/mol. The maximum absolute atomic E-state index is 14.1. The lowest BCUT2D eigenvalue weighted by Gasteiger charge is -2.33. The zero-order valence-electron chi connectivity index (χ0n) is 20.0. The largest absolute Gasteiger partial charge is 0.466 e. The molecular weight excluding hydrogens is 456 g/mol. The molecule has 1 aliphatic rings. The van der Waals surface area contributed by atoms with Gasteiger partial charge in [-0.1, -0.05) is 30.3 Å². The smallest absolute Gasteiger partial charge is 0.322 e. The number of nitrogens with zero attached hydrogens (tertiary/aromatic N) is 2. The van der Waals surface area contributed by atoms with Gasteiger partial charge in [0, 0.05) is 32.1 Å². The number of esters is 1. The van der Waals surface area contributed by atoms with E-state index in [4.69, 9.17) is 4.74 Å². The van der Waals surface area contributed by atoms with Crippen LogP contribution in [0.3, 0.4) is 0 Å². The zero-order valence-corrected chi connectivity index (χ0v) is 20.0. The molecule has 2 aromatic rings. The van der Waals surface area contributed by atoms with Gasteiger partial charge in [-0.15, -0.1) is 0 Å². The van der Waals surface area contributed by atoms with Crippen molar-refractivity contribution in [2.45, 2.75) is 39.2 Å². The summed E-state index contributed by atoms with van der Waals surface area (Å²) in [7, 11) is 0. The third-order valence-corrected chi connectivity index (χ3v) is 6.22. The fourth-order valence-electron chi connectivity index (χ4n) is 4.16. The van der Waals surface area contributed by atoms with Gasteiger partial charge in [0.1, 0.15) is 11.6 Å². The van der Waals surface area contributed by atoms with Crippen molar-refractivity contribution < 1.29 is 27.9 Å². The molecule has 0 spiro atoms. The minimum absolute atomic E-state index is 0.0700. The molecule has 0 saturated carbocycles. The second kappa shape index (κ2) is 12.3. The lowest BCUT2D eigenvalue weighted by atomic mass is 9.97. The van der Waals surface area contributed by atoms with E-state index in [0.29, 0.717) is 38.6 Å². The van der Waals surface area contributed by atoms with Crippen molar-refractivity contribution in [3.63, 3.8) is 0 Å². The number of carbonyl (C=O) groups is 3. The van der Waals surface area contributed by atoms with Gasteiger partial charge in [0.15, 0.2) is 0 Å². The first-order chi connectivity index (χ1) is 16.8. The molecule has 188 valence electrons. The summed E-state index contributed by atoms with van der Waals surface area (Å²) in [5, 5.41) is 2.49. The minimum atomic E-state index is -0.883. The van der Waals surface area contributed by atoms with E-state index in [1.54, 1.807) is 11.8 Å². The molecule has 1 aliphatic heterocycles. The fourth-order valence-corrected chi connectivity index (χ4v) is 4.16. The van der Waals surface area contributed by atoms with Crippen molar-refractivity contribution in [1.29, 1.82) is 0 Å². The van der Waals surface area contributed by atoms with Crippen LogP contribution in [0.25, 0.3) is 0 Å². The molecule has 2 aromatic carbocycles. The summed E-state index contributed by atoms with van der Waals surface area (Å²) in [6.45, 7) is 4.91. The molecule has 3 rings (SSSR count). The van der Waals surface area contributed by atoms with Crippen molar-refractivity contribution in [2.24, 2.45) is 5.92 Å². The quantitative estimate of drug-likeness (QED) is 0.545. The number of rotatable bonds is 8. The lowest BCUT2D eigenvalue weighted by Crippen LogP contribution is -2.43. The Morgan fingerprint density at radius 3 is 2.43 bits per heavy atom. The van der Waals surface area contributed by atoms with Gasteiger partial charge in [-0.25, -0.2) is 13.6 Å². The molecule has 7 nitrogen and oxygen atoms in total. The van der Waals surface area contributed by atoms with E-state index in [9.17, 15) is 23.2 Å². The molecule has 0 aliphatic carbocycles. The highest BCUT2D eigenvalue weighted by Crippen LogP contribution is 2.24. The summed E-state index contributed by atoms with van der Waals surface area (Å²) in [6, 6.07) is 11.2. The number of hydrogen-bond donors (Lipinski definition) is 1. The van der Waals surface area contributed by atoms with E-state index in [1.807, 2.05) is 37.3 Å². The molecule has 1 unspecified atom stereocenters. The maximum Gasteiger partial charge on any atom is 0.322 e. The first-order valence-electron chi connectivity index (χ1n) is 11.8. The third kappa shape index (κ3) is 7.00. The van der Waals surface area contributed by atoms with Gasteiger partial charge in [0.2, 0.25) is 5.91 Å². The Bertz CT molecular complexity index is 1030. The second-order valence-electron chi connectivity index (χ2n) is 8.49. The van der Waals surface area contributed by atoms with Crippen molar-refractivity contribution in [1.82, 2.24) is 9.80 Å². The highest BCUT2D eigenvalue weighted by molar-refractivity contribution is 5.90. The average Bonchev–Trinajstić information content (AvgIpc) is 2.86. The number of hydrogen-bond acceptors (Lipinski definition) is 4. The van der Waals surface area contributed by atoms with Crippen LogP contribution < -0.4 is 5.32 Å². The summed E-state index contributed by atoms with van der Waals surface area (Å²) >= 11 is 0. The van der Waals surface area contributed by atoms with Gasteiger partial charge in [-0.3, -0.25) is 9.59 Å². The number of ether oxygens (including phenoxy) is 1. The normalized spacial score (nSPS) is 14.8. The highest BCUT2D eigenvalue weighted by Gasteiger charge is 2.29. The van der Waals surface area contributed by atoms with E-state index < -0.39 is 23.7 Å². The third-order valence-electron chi connectivity index (χ3n) is 6.22. The molecule has 9 heteroatoms. The van der Waals surface area contributed by atoms with Crippen molar-refractivity contribution in [3.05, 3.63) is 65.7 Å². The Balaban J connectivity index is 1.66. The summed E-state index contributed by atoms with van der Waals surface area (Å²) in [4.78, 5) is 41.1. The number of likely N-dealkylation sites (tertiary alicyclic amines) is 1. The predicted octanol–water partition coefficient (Wildman–Crippen LogP) is 4.75. The Kier molecular flexibility index (Phi) is 9.17. The molecule has 1 N–H and O–H groups in total. The molecule has 0 bridgehead atoms. The van der Waals surface area contributed by atoms with Gasteiger partial charge in [0.05, 0.1) is 24.3 Å². The van der Waals surface area contributed by atoms with E-state index >= 15 is 0 Å². The van der Waals surface area contributed by atoms with Crippen LogP contribution in [0.5, 0.6) is 0 Å². The lowest BCUT2D eigenvalue weighted by molar-refractivity contribution is -0.151. The number of benzene rings is 2. The van der Waals surface area contributed by atoms with Gasteiger partial charge in [-0.2, -0.15) is 0 Å². The Morgan fingerprint density at radius 2 is 1.80 bits per heavy atom. The standard InChI is InChI=1S/C26H31F2N3O4/c1-3-35-25(33)20-11-14-30(15-12-20)24(32)13-16-31(18(2)19-7-5-4-6-8-19)26(34)29-23-10-9-21(27)17-22(23)28/h4-10,17-18,20H,3,11-16H2,1-2H3,(H,29,34). The molecule has 1 saturated heterocycles. The highest BCUT2D eigenvalue weighted by atomic mass is 19.1. The van der Waals surface area contributed by atoms with Crippen molar-refractivity contribution in [2.75, 3.05) is 31.6 Å². The molecule has 0 radical (unpaired) electrons. The molecule has 3 amide bonds. The molecule has 1 fully saturated rings. The first kappa shape index (κ1) is 26.1. The van der Waals surface area contributed by atoms with E-state index in [0.717, 1.165) is 17.7 Å². The summed E-state index contributed by atoms with van der Waals surface area (Å²) in [5.74, 6) is -2.19. The monoisotopic (exact) mass is 487 g/mol. The molecule has 1 atom stereocenters. The molecular formula is C26H31F2N3O4. The SMILES string of the molecule is CCOC(=O)C1CCN(C(=O)CCN(C(=O)Nc2ccc(F)cc2F)C(C)c2ccccc2)CC1. The van der Waals surface area contributed by atoms with Crippen LogP contribution in [0, 0.1) is 17.6 Å². The zero-order chi connectivity index (χ0) is 25.4. The topological polar surface area (TPSA) is 79.0 Å². The van der Waals surface area contributed by atoms with Crippen molar-refractivity contribution >= 4 is 23.6 Å². The molecule has 35 heavy (non-hydrogen) atoms. The number of nitrogens with one attached hydrogen (secondary N) is 1. The van der Waals surface area contributed by atoms with Crippen LogP contribution in [0.4, 0.5) is 19.3 Å². The van der Waals surface area contributed by atoms with Crippen molar-refractivity contribution in [3.8, 4) is 0 Å². The number of carbonyl (C=O) groups excluding carboxylic acids is 3. The van der Waals surface area contributed by atoms with E-state index in [1.165, 1.54) is 4.90 Å². The maximum atomic E-state index is 14.1. The van der Waals surface area contributed by atoms with Crippen LogP contribution in [-0.4, -0.2) is 53.9 Å². The van der Waals surface area contributed by atoms with Crippen LogP contribution >= 0.6 is 0 Å². The first-order valence-corrected chi connectivity index (χ1v) is 11.8. The van der Waals surface area contributed by atoms with Gasteiger partial charge in [0.25, 0.3) is 0 Å². The summed E-state index contributed by atoms with van der Waals surface area (Å²) in [5.41, 5.74) is 0.707. The Labute approximate surface area is 204 Å². The number of amides is 3. The Morgan fingerprint density at radius 1 is 1.11 bits per heavy atom. The predicted molar refractivity (Wildman–Crippen MR) is 127 cm³/mol. The number of halogens is 2. The van der Waals surface area contributed by atoms with Crippen LogP contribution in [0.1, 0.15) is 44.7 Å². The van der Waals surface area contributed by atoms with Crippen LogP contribution in [0.2, 0.25) is 0 Å². The summed E-state index contributed by atoms with van der Waals surface area (Å²) in [6.07, 6.45) is 1.15. The van der Waals surface area contributed by atoms with Gasteiger partial charge >= 0.3 is 12.0 Å².